The second-order valence-electron chi connectivity index (χ2n) is 5.94. The Balaban J connectivity index is 1.65. The molecule has 1 aliphatic rings. The number of aromatic nitrogens is 2. The van der Waals surface area contributed by atoms with Crippen molar-refractivity contribution in [3.63, 3.8) is 0 Å². The van der Waals surface area contributed by atoms with Crippen molar-refractivity contribution in [2.75, 3.05) is 26.2 Å². The molecule has 2 aromatic rings. The minimum atomic E-state index is 0.00599. The Kier molecular flexibility index (Phi) is 4.77. The van der Waals surface area contributed by atoms with Crippen molar-refractivity contribution in [3.8, 4) is 0 Å². The van der Waals surface area contributed by atoms with Crippen LogP contribution in [-0.2, 0) is 11.3 Å². The summed E-state index contributed by atoms with van der Waals surface area (Å²) in [5.41, 5.74) is 1.03. The van der Waals surface area contributed by atoms with E-state index >= 15 is 0 Å². The lowest BCUT2D eigenvalue weighted by Gasteiger charge is -2.27. The van der Waals surface area contributed by atoms with E-state index in [9.17, 15) is 9.59 Å². The highest BCUT2D eigenvalue weighted by Crippen LogP contribution is 2.25. The Hall–Kier alpha value is -1.73. The SMILES string of the molecule is Cc1sc2ncn(CCCC(=O)N3CCNCC3)c(=O)c2c1C. The minimum absolute atomic E-state index is 0.00599. The number of amides is 1. The maximum absolute atomic E-state index is 12.6. The van der Waals surface area contributed by atoms with E-state index in [2.05, 4.69) is 10.3 Å². The van der Waals surface area contributed by atoms with Crippen LogP contribution in [0.25, 0.3) is 10.2 Å². The number of rotatable bonds is 4. The highest BCUT2D eigenvalue weighted by Gasteiger charge is 2.16. The molecule has 1 N–H and O–H groups in total. The Labute approximate surface area is 139 Å². The molecule has 6 nitrogen and oxygen atoms in total. The standard InChI is InChI=1S/C16H22N4O2S/c1-11-12(2)23-15-14(11)16(22)20(10-18-15)7-3-4-13(21)19-8-5-17-6-9-19/h10,17H,3-9H2,1-2H3. The highest BCUT2D eigenvalue weighted by molar-refractivity contribution is 7.18. The van der Waals surface area contributed by atoms with Crippen LogP contribution in [0.2, 0.25) is 0 Å². The van der Waals surface area contributed by atoms with Gasteiger partial charge in [0.15, 0.2) is 0 Å². The van der Waals surface area contributed by atoms with E-state index in [1.807, 2.05) is 18.7 Å². The molecule has 0 spiro atoms. The third-order valence-corrected chi connectivity index (χ3v) is 5.53. The largest absolute Gasteiger partial charge is 0.340 e. The maximum atomic E-state index is 12.6. The zero-order valence-corrected chi connectivity index (χ0v) is 14.4. The van der Waals surface area contributed by atoms with E-state index in [4.69, 9.17) is 0 Å². The summed E-state index contributed by atoms with van der Waals surface area (Å²) in [7, 11) is 0. The molecule has 0 bridgehead atoms. The first-order chi connectivity index (χ1) is 11.1. The van der Waals surface area contributed by atoms with Gasteiger partial charge in [0.25, 0.3) is 5.56 Å². The van der Waals surface area contributed by atoms with Gasteiger partial charge in [-0.15, -0.1) is 11.3 Å². The predicted octanol–water partition coefficient (Wildman–Crippen LogP) is 1.29. The summed E-state index contributed by atoms with van der Waals surface area (Å²) in [4.78, 5) is 32.9. The molecule has 0 radical (unpaired) electrons. The lowest BCUT2D eigenvalue weighted by Crippen LogP contribution is -2.46. The van der Waals surface area contributed by atoms with E-state index in [1.165, 1.54) is 0 Å². The normalized spacial score (nSPS) is 15.3. The van der Waals surface area contributed by atoms with Crippen LogP contribution in [0.1, 0.15) is 23.3 Å². The Bertz CT molecular complexity index is 774. The number of hydrogen-bond donors (Lipinski definition) is 1. The summed E-state index contributed by atoms with van der Waals surface area (Å²) in [5, 5.41) is 3.96. The molecular weight excluding hydrogens is 312 g/mol. The molecule has 1 fully saturated rings. The van der Waals surface area contributed by atoms with Crippen molar-refractivity contribution in [1.82, 2.24) is 19.8 Å². The molecule has 1 aliphatic heterocycles. The van der Waals surface area contributed by atoms with Crippen LogP contribution >= 0.6 is 11.3 Å². The fourth-order valence-corrected chi connectivity index (χ4v) is 3.89. The molecule has 1 amide bonds. The first kappa shape index (κ1) is 16.1. The minimum Gasteiger partial charge on any atom is -0.340 e. The highest BCUT2D eigenvalue weighted by atomic mass is 32.1. The maximum Gasteiger partial charge on any atom is 0.262 e. The van der Waals surface area contributed by atoms with E-state index in [0.29, 0.717) is 19.4 Å². The topological polar surface area (TPSA) is 67.2 Å². The molecule has 23 heavy (non-hydrogen) atoms. The van der Waals surface area contributed by atoms with Crippen molar-refractivity contribution in [1.29, 1.82) is 0 Å². The smallest absolute Gasteiger partial charge is 0.262 e. The van der Waals surface area contributed by atoms with Gasteiger partial charge in [-0.2, -0.15) is 0 Å². The van der Waals surface area contributed by atoms with E-state index in [1.54, 1.807) is 22.2 Å². The van der Waals surface area contributed by atoms with Crippen molar-refractivity contribution in [2.45, 2.75) is 33.2 Å². The van der Waals surface area contributed by atoms with Crippen molar-refractivity contribution < 1.29 is 4.79 Å². The van der Waals surface area contributed by atoms with Crippen molar-refractivity contribution >= 4 is 27.5 Å². The number of nitrogens with zero attached hydrogens (tertiary/aromatic N) is 3. The Morgan fingerprint density at radius 2 is 2.09 bits per heavy atom. The van der Waals surface area contributed by atoms with Crippen LogP contribution in [0.3, 0.4) is 0 Å². The number of nitrogens with one attached hydrogen (secondary N) is 1. The number of hydrogen-bond acceptors (Lipinski definition) is 5. The molecule has 0 atom stereocenters. The molecule has 0 unspecified atom stereocenters. The number of thiophene rings is 1. The zero-order chi connectivity index (χ0) is 16.4. The molecule has 3 heterocycles. The van der Waals surface area contributed by atoms with Crippen LogP contribution in [0.15, 0.2) is 11.1 Å². The van der Waals surface area contributed by atoms with Gasteiger partial charge in [-0.3, -0.25) is 14.2 Å². The van der Waals surface area contributed by atoms with Gasteiger partial charge in [0.05, 0.1) is 11.7 Å². The molecule has 1 saturated heterocycles. The van der Waals surface area contributed by atoms with Gasteiger partial charge in [0.1, 0.15) is 4.83 Å². The van der Waals surface area contributed by atoms with Gasteiger partial charge in [0.2, 0.25) is 5.91 Å². The number of carbonyl (C=O) groups is 1. The van der Waals surface area contributed by atoms with Crippen LogP contribution in [-0.4, -0.2) is 46.5 Å². The molecule has 7 heteroatoms. The molecule has 124 valence electrons. The number of piperazine rings is 1. The first-order valence-corrected chi connectivity index (χ1v) is 8.83. The summed E-state index contributed by atoms with van der Waals surface area (Å²) in [6.45, 7) is 7.80. The average molecular weight is 334 g/mol. The van der Waals surface area contributed by atoms with Gasteiger partial charge < -0.3 is 10.2 Å². The fraction of sp³-hybridized carbons (Fsp3) is 0.562. The summed E-state index contributed by atoms with van der Waals surface area (Å²) in [5.74, 6) is 0.177. The van der Waals surface area contributed by atoms with Gasteiger partial charge in [-0.05, 0) is 25.8 Å². The van der Waals surface area contributed by atoms with Gasteiger partial charge in [0, 0.05) is 44.0 Å². The van der Waals surface area contributed by atoms with Crippen LogP contribution in [0.5, 0.6) is 0 Å². The second kappa shape index (κ2) is 6.80. The van der Waals surface area contributed by atoms with E-state index in [-0.39, 0.29) is 11.5 Å². The molecule has 0 aliphatic carbocycles. The monoisotopic (exact) mass is 334 g/mol. The lowest BCUT2D eigenvalue weighted by molar-refractivity contribution is -0.131. The molecule has 2 aromatic heterocycles. The Morgan fingerprint density at radius 1 is 1.35 bits per heavy atom. The quantitative estimate of drug-likeness (QED) is 0.915. The summed E-state index contributed by atoms with van der Waals surface area (Å²) >= 11 is 1.56. The molecule has 0 saturated carbocycles. The molecule has 3 rings (SSSR count). The van der Waals surface area contributed by atoms with Gasteiger partial charge in [-0.25, -0.2) is 4.98 Å². The average Bonchev–Trinajstić information content (AvgIpc) is 2.85. The van der Waals surface area contributed by atoms with E-state index in [0.717, 1.165) is 46.8 Å². The van der Waals surface area contributed by atoms with Crippen molar-refractivity contribution in [3.05, 3.63) is 27.1 Å². The second-order valence-corrected chi connectivity index (χ2v) is 7.14. The van der Waals surface area contributed by atoms with Gasteiger partial charge >= 0.3 is 0 Å². The molecular formula is C16H22N4O2S. The fourth-order valence-electron chi connectivity index (χ4n) is 2.90. The number of carbonyl (C=O) groups excluding carboxylic acids is 1. The zero-order valence-electron chi connectivity index (χ0n) is 13.6. The number of fused-ring (bicyclic) bond motifs is 1. The Morgan fingerprint density at radius 3 is 2.83 bits per heavy atom. The third-order valence-electron chi connectivity index (χ3n) is 4.42. The van der Waals surface area contributed by atoms with Gasteiger partial charge in [-0.1, -0.05) is 0 Å². The predicted molar refractivity (Wildman–Crippen MR) is 92.0 cm³/mol. The summed E-state index contributed by atoms with van der Waals surface area (Å²) < 4.78 is 1.63. The van der Waals surface area contributed by atoms with Crippen LogP contribution in [0, 0.1) is 13.8 Å². The third kappa shape index (κ3) is 3.30. The summed E-state index contributed by atoms with van der Waals surface area (Å²) in [6, 6.07) is 0. The van der Waals surface area contributed by atoms with E-state index < -0.39 is 0 Å². The summed E-state index contributed by atoms with van der Waals surface area (Å²) in [6.07, 6.45) is 2.75. The lowest BCUT2D eigenvalue weighted by atomic mass is 10.2. The number of aryl methyl sites for hydroxylation is 3. The van der Waals surface area contributed by atoms with Crippen LogP contribution < -0.4 is 10.9 Å². The van der Waals surface area contributed by atoms with Crippen LogP contribution in [0.4, 0.5) is 0 Å². The first-order valence-electron chi connectivity index (χ1n) is 8.01. The molecule has 0 aromatic carbocycles. The van der Waals surface area contributed by atoms with Crippen molar-refractivity contribution in [2.24, 2.45) is 0 Å².